The lowest BCUT2D eigenvalue weighted by atomic mass is 10.0. The summed E-state index contributed by atoms with van der Waals surface area (Å²) >= 11 is 0. The summed E-state index contributed by atoms with van der Waals surface area (Å²) in [5.41, 5.74) is 2.06. The smallest absolute Gasteiger partial charge is 0.250 e. The van der Waals surface area contributed by atoms with Gasteiger partial charge < -0.3 is 19.8 Å². The molecular formula is C22H29N3O4. The number of nitrogens with one attached hydrogen (secondary N) is 2. The average molecular weight is 399 g/mol. The number of hydrogen-bond donors (Lipinski definition) is 2. The van der Waals surface area contributed by atoms with Crippen molar-refractivity contribution < 1.29 is 18.7 Å². The molecule has 7 nitrogen and oxygen atoms in total. The Morgan fingerprint density at radius 2 is 1.90 bits per heavy atom. The third-order valence-electron chi connectivity index (χ3n) is 6.27. The lowest BCUT2D eigenvalue weighted by Crippen LogP contribution is -2.27. The van der Waals surface area contributed by atoms with Crippen LogP contribution < -0.4 is 10.6 Å². The Hall–Kier alpha value is -2.67. The molecule has 0 radical (unpaired) electrons. The summed E-state index contributed by atoms with van der Waals surface area (Å²) in [4.78, 5) is 28.8. The first-order valence-electron chi connectivity index (χ1n) is 9.71. The molecule has 0 spiro atoms. The van der Waals surface area contributed by atoms with Gasteiger partial charge in [0.15, 0.2) is 0 Å². The Morgan fingerprint density at radius 3 is 2.52 bits per heavy atom. The van der Waals surface area contributed by atoms with Gasteiger partial charge in [0.2, 0.25) is 17.7 Å². The number of nitrogens with zero attached hydrogens (tertiary/aromatic N) is 1. The molecule has 2 N–H and O–H groups in total. The molecule has 1 aromatic heterocycles. The molecule has 0 bridgehead atoms. The summed E-state index contributed by atoms with van der Waals surface area (Å²) in [7, 11) is 1.47. The zero-order valence-electron chi connectivity index (χ0n) is 17.9. The first-order chi connectivity index (χ1) is 13.6. The van der Waals surface area contributed by atoms with Crippen molar-refractivity contribution in [1.82, 2.24) is 10.3 Å². The molecule has 0 atom stereocenters. The van der Waals surface area contributed by atoms with Gasteiger partial charge in [0.1, 0.15) is 18.1 Å². The van der Waals surface area contributed by atoms with E-state index in [1.807, 2.05) is 19.1 Å². The van der Waals surface area contributed by atoms with Crippen molar-refractivity contribution in [3.05, 3.63) is 35.7 Å². The van der Waals surface area contributed by atoms with Gasteiger partial charge in [0.05, 0.1) is 6.54 Å². The van der Waals surface area contributed by atoms with Gasteiger partial charge in [-0.15, -0.1) is 0 Å². The van der Waals surface area contributed by atoms with Crippen LogP contribution in [0.25, 0.3) is 11.5 Å². The number of aryl methyl sites for hydroxylation is 1. The fourth-order valence-corrected chi connectivity index (χ4v) is 3.90. The molecule has 1 aliphatic rings. The number of hydrogen-bond acceptors (Lipinski definition) is 5. The van der Waals surface area contributed by atoms with E-state index in [2.05, 4.69) is 43.3 Å². The van der Waals surface area contributed by atoms with E-state index >= 15 is 0 Å². The number of aromatic nitrogens is 1. The quantitative estimate of drug-likeness (QED) is 0.743. The van der Waals surface area contributed by atoms with Gasteiger partial charge in [0.25, 0.3) is 0 Å². The Kier molecular flexibility index (Phi) is 5.54. The van der Waals surface area contributed by atoms with Gasteiger partial charge in [0, 0.05) is 24.3 Å². The third kappa shape index (κ3) is 4.05. The molecular weight excluding hydrogens is 370 g/mol. The van der Waals surface area contributed by atoms with Gasteiger partial charge in [-0.3, -0.25) is 9.59 Å². The first-order valence-corrected chi connectivity index (χ1v) is 9.71. The number of rotatable bonds is 7. The SMILES string of the molecule is COCC(=O)Nc1cccc(-c2nc(CNC(=O)C3C(C)(C)C3(C)C)c(C)o2)c1. The van der Waals surface area contributed by atoms with Crippen molar-refractivity contribution in [3.8, 4) is 11.5 Å². The Morgan fingerprint density at radius 1 is 1.21 bits per heavy atom. The van der Waals surface area contributed by atoms with E-state index in [9.17, 15) is 9.59 Å². The van der Waals surface area contributed by atoms with E-state index in [1.165, 1.54) is 7.11 Å². The van der Waals surface area contributed by atoms with Gasteiger partial charge in [-0.1, -0.05) is 33.8 Å². The van der Waals surface area contributed by atoms with Gasteiger partial charge >= 0.3 is 0 Å². The molecule has 1 heterocycles. The summed E-state index contributed by atoms with van der Waals surface area (Å²) in [6.07, 6.45) is 0. The predicted octanol–water partition coefficient (Wildman–Crippen LogP) is 3.53. The summed E-state index contributed by atoms with van der Waals surface area (Å²) in [6, 6.07) is 7.24. The van der Waals surface area contributed by atoms with Crippen LogP contribution in [-0.4, -0.2) is 30.5 Å². The fraction of sp³-hybridized carbons (Fsp3) is 0.500. The number of carbonyl (C=O) groups is 2. The lowest BCUT2D eigenvalue weighted by molar-refractivity contribution is -0.123. The van der Waals surface area contributed by atoms with Crippen LogP contribution >= 0.6 is 0 Å². The predicted molar refractivity (Wildman–Crippen MR) is 110 cm³/mol. The number of amides is 2. The highest BCUT2D eigenvalue weighted by molar-refractivity contribution is 5.92. The Bertz CT molecular complexity index is 916. The van der Waals surface area contributed by atoms with Crippen molar-refractivity contribution in [2.24, 2.45) is 16.7 Å². The second-order valence-corrected chi connectivity index (χ2v) is 8.68. The molecule has 0 unspecified atom stereocenters. The number of anilines is 1. The minimum Gasteiger partial charge on any atom is -0.441 e. The largest absolute Gasteiger partial charge is 0.441 e. The topological polar surface area (TPSA) is 93.5 Å². The molecule has 2 amide bonds. The van der Waals surface area contributed by atoms with Gasteiger partial charge in [-0.05, 0) is 36.0 Å². The number of methoxy groups -OCH3 is 1. The molecule has 29 heavy (non-hydrogen) atoms. The van der Waals surface area contributed by atoms with Crippen LogP contribution in [0.3, 0.4) is 0 Å². The Labute approximate surface area is 171 Å². The maximum atomic E-state index is 12.6. The van der Waals surface area contributed by atoms with E-state index in [4.69, 9.17) is 9.15 Å². The van der Waals surface area contributed by atoms with Crippen LogP contribution in [-0.2, 0) is 20.9 Å². The van der Waals surface area contributed by atoms with Crippen molar-refractivity contribution in [2.45, 2.75) is 41.2 Å². The summed E-state index contributed by atoms with van der Waals surface area (Å²) in [5, 5.41) is 5.76. The molecule has 7 heteroatoms. The van der Waals surface area contributed by atoms with Crippen LogP contribution in [0, 0.1) is 23.7 Å². The highest BCUT2D eigenvalue weighted by atomic mass is 16.5. The molecule has 1 saturated carbocycles. The molecule has 3 rings (SSSR count). The standard InChI is InChI=1S/C22H29N3O4/c1-13-16(11-23-19(27)18-21(2,3)22(18,4)5)25-20(29-13)14-8-7-9-15(10-14)24-17(26)12-28-6/h7-10,18H,11-12H2,1-6H3,(H,23,27)(H,24,26). The summed E-state index contributed by atoms with van der Waals surface area (Å²) < 4.78 is 10.6. The summed E-state index contributed by atoms with van der Waals surface area (Å²) in [5.74, 6) is 0.911. The normalized spacial score (nSPS) is 17.0. The molecule has 1 fully saturated rings. The third-order valence-corrected chi connectivity index (χ3v) is 6.27. The molecule has 156 valence electrons. The molecule has 1 aliphatic carbocycles. The number of benzene rings is 1. The first kappa shape index (κ1) is 21.0. The molecule has 1 aromatic carbocycles. The minimum atomic E-state index is -0.234. The summed E-state index contributed by atoms with van der Waals surface area (Å²) in [6.45, 7) is 10.6. The van der Waals surface area contributed by atoms with Crippen molar-refractivity contribution >= 4 is 17.5 Å². The lowest BCUT2D eigenvalue weighted by Gasteiger charge is -2.05. The zero-order chi connectivity index (χ0) is 21.4. The average Bonchev–Trinajstić information content (AvgIpc) is 2.89. The van der Waals surface area contributed by atoms with Crippen LogP contribution in [0.15, 0.2) is 28.7 Å². The monoisotopic (exact) mass is 399 g/mol. The second-order valence-electron chi connectivity index (χ2n) is 8.68. The minimum absolute atomic E-state index is 0.00516. The van der Waals surface area contributed by atoms with Crippen LogP contribution in [0.5, 0.6) is 0 Å². The Balaban J connectivity index is 1.68. The van der Waals surface area contributed by atoms with Gasteiger partial charge in [-0.25, -0.2) is 4.98 Å². The van der Waals surface area contributed by atoms with Crippen molar-refractivity contribution in [1.29, 1.82) is 0 Å². The van der Waals surface area contributed by atoms with E-state index in [1.54, 1.807) is 12.1 Å². The highest BCUT2D eigenvalue weighted by Gasteiger charge is 2.68. The molecule has 2 aromatic rings. The van der Waals surface area contributed by atoms with E-state index < -0.39 is 0 Å². The van der Waals surface area contributed by atoms with Crippen LogP contribution in [0.1, 0.15) is 39.1 Å². The van der Waals surface area contributed by atoms with E-state index in [0.717, 1.165) is 5.56 Å². The molecule has 0 aliphatic heterocycles. The van der Waals surface area contributed by atoms with Gasteiger partial charge in [-0.2, -0.15) is 0 Å². The zero-order valence-corrected chi connectivity index (χ0v) is 17.9. The number of carbonyl (C=O) groups excluding carboxylic acids is 2. The number of oxazole rings is 1. The van der Waals surface area contributed by atoms with E-state index in [0.29, 0.717) is 29.6 Å². The number of ether oxygens (including phenoxy) is 1. The fourth-order valence-electron chi connectivity index (χ4n) is 3.90. The maximum absolute atomic E-state index is 12.6. The molecule has 0 saturated heterocycles. The highest BCUT2D eigenvalue weighted by Crippen LogP contribution is 2.68. The second kappa shape index (κ2) is 7.63. The van der Waals surface area contributed by atoms with Crippen LogP contribution in [0.4, 0.5) is 5.69 Å². The van der Waals surface area contributed by atoms with Crippen molar-refractivity contribution in [3.63, 3.8) is 0 Å². The van der Waals surface area contributed by atoms with Crippen LogP contribution in [0.2, 0.25) is 0 Å². The van der Waals surface area contributed by atoms with Crippen molar-refractivity contribution in [2.75, 3.05) is 19.0 Å². The van der Waals surface area contributed by atoms with E-state index in [-0.39, 0.29) is 35.2 Å². The maximum Gasteiger partial charge on any atom is 0.250 e.